The summed E-state index contributed by atoms with van der Waals surface area (Å²) in [6, 6.07) is 66.0. The maximum atomic E-state index is 5.02. The van der Waals surface area contributed by atoms with Gasteiger partial charge in [-0.2, -0.15) is 0 Å². The number of hydrogen-bond acceptors (Lipinski definition) is 3. The summed E-state index contributed by atoms with van der Waals surface area (Å²) in [5.74, 6) is 1.95. The van der Waals surface area contributed by atoms with Gasteiger partial charge < -0.3 is 0 Å². The second-order valence-electron chi connectivity index (χ2n) is 12.5. The van der Waals surface area contributed by atoms with Crippen molar-refractivity contribution in [2.45, 2.75) is 0 Å². The third kappa shape index (κ3) is 5.61. The molecule has 234 valence electrons. The zero-order valence-electron chi connectivity index (χ0n) is 27.2. The molecule has 3 heteroatoms. The Morgan fingerprint density at radius 3 is 1.44 bits per heavy atom. The molecule has 0 saturated heterocycles. The van der Waals surface area contributed by atoms with Crippen LogP contribution in [0.3, 0.4) is 0 Å². The van der Waals surface area contributed by atoms with Gasteiger partial charge in [-0.25, -0.2) is 15.0 Å². The fraction of sp³-hybridized carbons (Fsp3) is 0. The second kappa shape index (κ2) is 12.7. The van der Waals surface area contributed by atoms with E-state index in [-0.39, 0.29) is 0 Å². The predicted octanol–water partition coefficient (Wildman–Crippen LogP) is 12.2. The molecule has 0 aliphatic rings. The van der Waals surface area contributed by atoms with E-state index in [9.17, 15) is 0 Å². The molecule has 8 aromatic carbocycles. The van der Waals surface area contributed by atoms with Crippen LogP contribution in [0.1, 0.15) is 0 Å². The third-order valence-electron chi connectivity index (χ3n) is 9.32. The molecule has 0 aliphatic heterocycles. The zero-order chi connectivity index (χ0) is 33.3. The van der Waals surface area contributed by atoms with Crippen LogP contribution in [-0.2, 0) is 0 Å². The number of nitrogens with zero attached hydrogens (tertiary/aromatic N) is 3. The summed E-state index contributed by atoms with van der Waals surface area (Å²) in [7, 11) is 0. The van der Waals surface area contributed by atoms with Gasteiger partial charge in [0.05, 0.1) is 0 Å². The van der Waals surface area contributed by atoms with E-state index in [1.54, 1.807) is 0 Å². The van der Waals surface area contributed by atoms with E-state index in [2.05, 4.69) is 121 Å². The number of aromatic nitrogens is 3. The monoisotopic (exact) mass is 637 g/mol. The fourth-order valence-electron chi connectivity index (χ4n) is 6.80. The highest BCUT2D eigenvalue weighted by atomic mass is 15.0. The summed E-state index contributed by atoms with van der Waals surface area (Å²) in [6.07, 6.45) is 0. The molecule has 0 fully saturated rings. The average molecular weight is 638 g/mol. The highest BCUT2D eigenvalue weighted by Gasteiger charge is 2.16. The molecule has 50 heavy (non-hydrogen) atoms. The summed E-state index contributed by atoms with van der Waals surface area (Å²) < 4.78 is 0. The van der Waals surface area contributed by atoms with Gasteiger partial charge in [-0.3, -0.25) is 0 Å². The number of rotatable bonds is 6. The first-order chi connectivity index (χ1) is 24.8. The standard InChI is InChI=1S/C47H31N3/c1-3-14-33(15-4-1)45-48-46(34-16-5-2-6-17-34)50-47(49-45)44-23-10-9-22-43(44)40-28-27-37-29-36(25-26-38(37)31-40)35-19-11-20-39(30-35)42-24-12-18-32-13-7-8-21-41(32)42/h1-31H. The minimum Gasteiger partial charge on any atom is -0.208 e. The highest BCUT2D eigenvalue weighted by molar-refractivity contribution is 5.98. The molecule has 0 saturated carbocycles. The maximum absolute atomic E-state index is 5.02. The summed E-state index contributed by atoms with van der Waals surface area (Å²) in [5, 5.41) is 4.89. The Kier molecular flexibility index (Phi) is 7.49. The SMILES string of the molecule is c1ccc(-c2nc(-c3ccccc3)nc(-c3ccccc3-c3ccc4cc(-c5cccc(-c6cccc7ccccc67)c5)ccc4c3)n2)cc1. The van der Waals surface area contributed by atoms with Crippen molar-refractivity contribution in [2.75, 3.05) is 0 Å². The van der Waals surface area contributed by atoms with Crippen LogP contribution in [0.25, 0.3) is 89.1 Å². The largest absolute Gasteiger partial charge is 0.208 e. The molecular formula is C47H31N3. The molecule has 0 atom stereocenters. The van der Waals surface area contributed by atoms with Crippen molar-refractivity contribution in [3.63, 3.8) is 0 Å². The maximum Gasteiger partial charge on any atom is 0.164 e. The predicted molar refractivity (Wildman–Crippen MR) is 207 cm³/mol. The molecule has 9 rings (SSSR count). The number of fused-ring (bicyclic) bond motifs is 2. The molecule has 0 radical (unpaired) electrons. The third-order valence-corrected chi connectivity index (χ3v) is 9.32. The molecule has 0 N–H and O–H groups in total. The quantitative estimate of drug-likeness (QED) is 0.182. The van der Waals surface area contributed by atoms with E-state index in [0.717, 1.165) is 27.8 Å². The van der Waals surface area contributed by atoms with E-state index < -0.39 is 0 Å². The molecule has 0 aliphatic carbocycles. The lowest BCUT2D eigenvalue weighted by Crippen LogP contribution is -2.01. The Labute approximate surface area is 291 Å². The normalized spacial score (nSPS) is 11.2. The van der Waals surface area contributed by atoms with Gasteiger partial charge in [0, 0.05) is 16.7 Å². The molecule has 0 bridgehead atoms. The van der Waals surface area contributed by atoms with Crippen molar-refractivity contribution in [2.24, 2.45) is 0 Å². The number of hydrogen-bond donors (Lipinski definition) is 0. The molecule has 1 heterocycles. The van der Waals surface area contributed by atoms with Crippen LogP contribution < -0.4 is 0 Å². The smallest absolute Gasteiger partial charge is 0.164 e. The lowest BCUT2D eigenvalue weighted by Gasteiger charge is -2.13. The van der Waals surface area contributed by atoms with Crippen LogP contribution in [0.4, 0.5) is 0 Å². The van der Waals surface area contributed by atoms with E-state index in [4.69, 9.17) is 15.0 Å². The Morgan fingerprint density at radius 1 is 0.240 bits per heavy atom. The molecular weight excluding hydrogens is 607 g/mol. The minimum absolute atomic E-state index is 0.648. The molecule has 0 amide bonds. The summed E-state index contributed by atoms with van der Waals surface area (Å²) in [4.78, 5) is 14.9. The summed E-state index contributed by atoms with van der Waals surface area (Å²) in [6.45, 7) is 0. The van der Waals surface area contributed by atoms with Gasteiger partial charge >= 0.3 is 0 Å². The summed E-state index contributed by atoms with van der Waals surface area (Å²) >= 11 is 0. The number of benzene rings is 8. The topological polar surface area (TPSA) is 38.7 Å². The second-order valence-corrected chi connectivity index (χ2v) is 12.5. The highest BCUT2D eigenvalue weighted by Crippen LogP contribution is 2.36. The van der Waals surface area contributed by atoms with Gasteiger partial charge in [0.2, 0.25) is 0 Å². The van der Waals surface area contributed by atoms with Crippen LogP contribution in [0.5, 0.6) is 0 Å². The van der Waals surface area contributed by atoms with Crippen LogP contribution in [0.15, 0.2) is 188 Å². The van der Waals surface area contributed by atoms with Gasteiger partial charge in [0.25, 0.3) is 0 Å². The van der Waals surface area contributed by atoms with Crippen molar-refractivity contribution < 1.29 is 0 Å². The van der Waals surface area contributed by atoms with Gasteiger partial charge in [-0.1, -0.05) is 170 Å². The van der Waals surface area contributed by atoms with Crippen LogP contribution >= 0.6 is 0 Å². The van der Waals surface area contributed by atoms with Crippen LogP contribution in [0.2, 0.25) is 0 Å². The van der Waals surface area contributed by atoms with E-state index in [0.29, 0.717) is 17.5 Å². The van der Waals surface area contributed by atoms with Crippen molar-refractivity contribution in [3.8, 4) is 67.5 Å². The van der Waals surface area contributed by atoms with Crippen LogP contribution in [-0.4, -0.2) is 15.0 Å². The average Bonchev–Trinajstić information content (AvgIpc) is 3.21. The minimum atomic E-state index is 0.648. The Morgan fingerprint density at radius 2 is 0.700 bits per heavy atom. The van der Waals surface area contributed by atoms with E-state index in [1.165, 1.54) is 43.8 Å². The first-order valence-corrected chi connectivity index (χ1v) is 16.9. The molecule has 9 aromatic rings. The van der Waals surface area contributed by atoms with Gasteiger partial charge in [0.15, 0.2) is 17.5 Å². The van der Waals surface area contributed by atoms with Crippen LogP contribution in [0, 0.1) is 0 Å². The van der Waals surface area contributed by atoms with E-state index in [1.807, 2.05) is 66.7 Å². The van der Waals surface area contributed by atoms with Crippen molar-refractivity contribution in [1.82, 2.24) is 15.0 Å². The van der Waals surface area contributed by atoms with Gasteiger partial charge in [0.1, 0.15) is 0 Å². The molecule has 0 unspecified atom stereocenters. The van der Waals surface area contributed by atoms with Gasteiger partial charge in [-0.15, -0.1) is 0 Å². The molecule has 3 nitrogen and oxygen atoms in total. The molecule has 1 aromatic heterocycles. The Balaban J connectivity index is 1.10. The Hall–Kier alpha value is -6.71. The van der Waals surface area contributed by atoms with Crippen molar-refractivity contribution in [1.29, 1.82) is 0 Å². The van der Waals surface area contributed by atoms with Crippen molar-refractivity contribution in [3.05, 3.63) is 188 Å². The fourth-order valence-corrected chi connectivity index (χ4v) is 6.80. The van der Waals surface area contributed by atoms with Crippen molar-refractivity contribution >= 4 is 21.5 Å². The van der Waals surface area contributed by atoms with E-state index >= 15 is 0 Å². The lowest BCUT2D eigenvalue weighted by atomic mass is 9.93. The first kappa shape index (κ1) is 29.4. The summed E-state index contributed by atoms with van der Waals surface area (Å²) in [5.41, 5.74) is 9.92. The zero-order valence-corrected chi connectivity index (χ0v) is 27.2. The first-order valence-electron chi connectivity index (χ1n) is 16.9. The van der Waals surface area contributed by atoms with Gasteiger partial charge in [-0.05, 0) is 73.1 Å². The lowest BCUT2D eigenvalue weighted by molar-refractivity contribution is 1.07. The molecule has 0 spiro atoms. The Bertz CT molecular complexity index is 2580.